The second kappa shape index (κ2) is 5.41. The van der Waals surface area contributed by atoms with E-state index in [-0.39, 0.29) is 5.41 Å². The van der Waals surface area contributed by atoms with Crippen molar-refractivity contribution in [3.05, 3.63) is 36.4 Å². The molecule has 1 saturated heterocycles. The van der Waals surface area contributed by atoms with Gasteiger partial charge in [-0.05, 0) is 13.0 Å². The van der Waals surface area contributed by atoms with Crippen molar-refractivity contribution >= 4 is 0 Å². The second-order valence-electron chi connectivity index (χ2n) is 5.71. The van der Waals surface area contributed by atoms with E-state index in [2.05, 4.69) is 21.8 Å². The van der Waals surface area contributed by atoms with Gasteiger partial charge in [0, 0.05) is 42.0 Å². The Morgan fingerprint density at radius 2 is 1.90 bits per heavy atom. The van der Waals surface area contributed by atoms with Crippen molar-refractivity contribution in [2.45, 2.75) is 18.8 Å². The van der Waals surface area contributed by atoms with E-state index in [4.69, 9.17) is 9.47 Å². The molecule has 0 amide bonds. The molecule has 0 aliphatic carbocycles. The number of rotatable bonds is 4. The Morgan fingerprint density at radius 1 is 1.19 bits per heavy atom. The van der Waals surface area contributed by atoms with E-state index in [1.807, 2.05) is 30.7 Å². The van der Waals surface area contributed by atoms with E-state index in [9.17, 15) is 0 Å². The molecule has 1 atom stereocenters. The molecular weight excluding hydrogens is 266 g/mol. The maximum absolute atomic E-state index is 5.36. The van der Waals surface area contributed by atoms with E-state index in [1.165, 1.54) is 5.69 Å². The van der Waals surface area contributed by atoms with Crippen LogP contribution in [0.4, 0.5) is 0 Å². The van der Waals surface area contributed by atoms with Crippen LogP contribution in [-0.2, 0) is 5.41 Å². The third-order valence-corrected chi connectivity index (χ3v) is 4.24. The summed E-state index contributed by atoms with van der Waals surface area (Å²) in [5.41, 5.74) is 2.32. The Labute approximate surface area is 124 Å². The monoisotopic (exact) mass is 287 g/mol. The van der Waals surface area contributed by atoms with Crippen molar-refractivity contribution in [3.63, 3.8) is 0 Å². The lowest BCUT2D eigenvalue weighted by Gasteiger charge is -2.24. The highest BCUT2D eigenvalue weighted by atomic mass is 16.5. The van der Waals surface area contributed by atoms with Crippen LogP contribution in [0.3, 0.4) is 0 Å². The number of nitrogens with one attached hydrogen (secondary N) is 1. The lowest BCUT2D eigenvalue weighted by atomic mass is 9.86. The van der Waals surface area contributed by atoms with Crippen molar-refractivity contribution < 1.29 is 9.47 Å². The minimum atomic E-state index is 0.104. The molecule has 0 bridgehead atoms. The Balaban J connectivity index is 2.07. The lowest BCUT2D eigenvalue weighted by Crippen LogP contribution is -2.27. The van der Waals surface area contributed by atoms with E-state index in [0.29, 0.717) is 0 Å². The quantitative estimate of drug-likeness (QED) is 0.936. The molecule has 1 aromatic carbocycles. The molecule has 1 N–H and O–H groups in total. The number of nitrogens with zero attached hydrogens (tertiary/aromatic N) is 2. The van der Waals surface area contributed by atoms with Crippen LogP contribution >= 0.6 is 0 Å². The highest BCUT2D eigenvalue weighted by Crippen LogP contribution is 2.33. The molecule has 5 nitrogen and oxygen atoms in total. The fourth-order valence-corrected chi connectivity index (χ4v) is 2.91. The van der Waals surface area contributed by atoms with Gasteiger partial charge in [-0.15, -0.1) is 0 Å². The molecule has 0 radical (unpaired) electrons. The third kappa shape index (κ3) is 2.49. The summed E-state index contributed by atoms with van der Waals surface area (Å²) in [6.45, 7) is 4.29. The van der Waals surface area contributed by atoms with Crippen molar-refractivity contribution in [3.8, 4) is 17.2 Å². The summed E-state index contributed by atoms with van der Waals surface area (Å²) in [5, 5.41) is 3.43. The number of benzene rings is 1. The molecule has 112 valence electrons. The van der Waals surface area contributed by atoms with Gasteiger partial charge in [-0.3, -0.25) is 0 Å². The first-order valence-electron chi connectivity index (χ1n) is 7.13. The largest absolute Gasteiger partial charge is 0.497 e. The maximum Gasteiger partial charge on any atom is 0.124 e. The standard InChI is InChI=1S/C16H21N3O2/c1-16(4-5-17-10-16)15-9-18-11-19(15)12-6-13(20-2)8-14(7-12)21-3/h6-9,11,17H,4-5,10H2,1-3H3. The predicted octanol–water partition coefficient (Wildman–Crippen LogP) is 2.14. The molecule has 2 aromatic rings. The first kappa shape index (κ1) is 13.9. The Morgan fingerprint density at radius 3 is 2.48 bits per heavy atom. The molecule has 0 spiro atoms. The summed E-state index contributed by atoms with van der Waals surface area (Å²) >= 11 is 0. The molecule has 2 heterocycles. The van der Waals surface area contributed by atoms with E-state index < -0.39 is 0 Å². The fourth-order valence-electron chi connectivity index (χ4n) is 2.91. The van der Waals surface area contributed by atoms with Crippen molar-refractivity contribution in [2.24, 2.45) is 0 Å². The van der Waals surface area contributed by atoms with Gasteiger partial charge >= 0.3 is 0 Å². The number of imidazole rings is 1. The number of methoxy groups -OCH3 is 2. The summed E-state index contributed by atoms with van der Waals surface area (Å²) in [5.74, 6) is 1.55. The normalized spacial score (nSPS) is 21.5. The average Bonchev–Trinajstić information content (AvgIpc) is 3.16. The van der Waals surface area contributed by atoms with Crippen LogP contribution in [0, 0.1) is 0 Å². The number of aromatic nitrogens is 2. The molecule has 3 rings (SSSR count). The van der Waals surface area contributed by atoms with Crippen LogP contribution in [0.25, 0.3) is 5.69 Å². The zero-order chi connectivity index (χ0) is 14.9. The molecular formula is C16H21N3O2. The van der Waals surface area contributed by atoms with E-state index in [0.717, 1.165) is 36.7 Å². The molecule has 1 aliphatic heterocycles. The molecule has 1 unspecified atom stereocenters. The molecule has 1 aliphatic rings. The SMILES string of the molecule is COc1cc(OC)cc(-n2cncc2C2(C)CCNC2)c1. The first-order chi connectivity index (χ1) is 10.2. The summed E-state index contributed by atoms with van der Waals surface area (Å²) in [6, 6.07) is 5.87. The van der Waals surface area contributed by atoms with Crippen molar-refractivity contribution in [1.29, 1.82) is 0 Å². The summed E-state index contributed by atoms with van der Waals surface area (Å²) in [7, 11) is 3.32. The summed E-state index contributed by atoms with van der Waals surface area (Å²) < 4.78 is 12.8. The molecule has 0 saturated carbocycles. The Bertz CT molecular complexity index is 608. The Hall–Kier alpha value is -2.01. The molecule has 21 heavy (non-hydrogen) atoms. The first-order valence-corrected chi connectivity index (χ1v) is 7.13. The van der Waals surface area contributed by atoms with Crippen molar-refractivity contribution in [1.82, 2.24) is 14.9 Å². The van der Waals surface area contributed by atoms with Gasteiger partial charge in [-0.2, -0.15) is 0 Å². The van der Waals surface area contributed by atoms with Crippen LogP contribution in [0.15, 0.2) is 30.7 Å². The van der Waals surface area contributed by atoms with Crippen LogP contribution in [0.1, 0.15) is 19.0 Å². The highest BCUT2D eigenvalue weighted by molar-refractivity contribution is 5.48. The predicted molar refractivity (Wildman–Crippen MR) is 81.5 cm³/mol. The van der Waals surface area contributed by atoms with Crippen LogP contribution in [0.2, 0.25) is 0 Å². The maximum atomic E-state index is 5.36. The molecule has 1 fully saturated rings. The van der Waals surface area contributed by atoms with E-state index >= 15 is 0 Å². The topological polar surface area (TPSA) is 48.3 Å². The molecule has 1 aromatic heterocycles. The van der Waals surface area contributed by atoms with Gasteiger partial charge in [0.1, 0.15) is 11.5 Å². The smallest absolute Gasteiger partial charge is 0.124 e. The van der Waals surface area contributed by atoms with Crippen LogP contribution in [0.5, 0.6) is 11.5 Å². The minimum absolute atomic E-state index is 0.104. The summed E-state index contributed by atoms with van der Waals surface area (Å²) in [4.78, 5) is 4.35. The lowest BCUT2D eigenvalue weighted by molar-refractivity contribution is 0.393. The van der Waals surface area contributed by atoms with E-state index in [1.54, 1.807) is 14.2 Å². The average molecular weight is 287 g/mol. The number of hydrogen-bond donors (Lipinski definition) is 1. The number of hydrogen-bond acceptors (Lipinski definition) is 4. The van der Waals surface area contributed by atoms with Gasteiger partial charge in [-0.25, -0.2) is 4.98 Å². The van der Waals surface area contributed by atoms with Gasteiger partial charge in [0.15, 0.2) is 0 Å². The van der Waals surface area contributed by atoms with Gasteiger partial charge in [0.25, 0.3) is 0 Å². The van der Waals surface area contributed by atoms with Gasteiger partial charge in [0.05, 0.1) is 26.2 Å². The highest BCUT2D eigenvalue weighted by Gasteiger charge is 2.33. The van der Waals surface area contributed by atoms with Gasteiger partial charge in [0.2, 0.25) is 0 Å². The number of ether oxygens (including phenoxy) is 2. The van der Waals surface area contributed by atoms with Crippen LogP contribution < -0.4 is 14.8 Å². The van der Waals surface area contributed by atoms with Gasteiger partial charge in [-0.1, -0.05) is 6.92 Å². The van der Waals surface area contributed by atoms with Crippen molar-refractivity contribution in [2.75, 3.05) is 27.3 Å². The minimum Gasteiger partial charge on any atom is -0.497 e. The second-order valence-corrected chi connectivity index (χ2v) is 5.71. The zero-order valence-corrected chi connectivity index (χ0v) is 12.7. The van der Waals surface area contributed by atoms with Crippen LogP contribution in [-0.4, -0.2) is 36.9 Å². The third-order valence-electron chi connectivity index (χ3n) is 4.24. The van der Waals surface area contributed by atoms with Gasteiger partial charge < -0.3 is 19.4 Å². The molecule has 5 heteroatoms. The fraction of sp³-hybridized carbons (Fsp3) is 0.438. The summed E-state index contributed by atoms with van der Waals surface area (Å²) in [6.07, 6.45) is 4.92. The Kier molecular flexibility index (Phi) is 3.59. The zero-order valence-electron chi connectivity index (χ0n) is 12.7.